The highest BCUT2D eigenvalue weighted by Crippen LogP contribution is 2.39. The maximum atomic E-state index is 12.8. The molecule has 3 aliphatic rings. The molecule has 0 aromatic heterocycles. The van der Waals surface area contributed by atoms with Gasteiger partial charge in [0.05, 0.1) is 17.5 Å². The molecule has 2 aliphatic carbocycles. The molecule has 1 saturated heterocycles. The van der Waals surface area contributed by atoms with Gasteiger partial charge in [-0.25, -0.2) is 0 Å². The number of hydrogen-bond donors (Lipinski definition) is 0. The fourth-order valence-corrected chi connectivity index (χ4v) is 4.88. The number of nitrogens with zero attached hydrogens (tertiary/aromatic N) is 2. The van der Waals surface area contributed by atoms with E-state index in [-0.39, 0.29) is 29.6 Å². The first-order valence-electron chi connectivity index (χ1n) is 10.4. The summed E-state index contributed by atoms with van der Waals surface area (Å²) in [6.07, 6.45) is 9.10. The Balaban J connectivity index is 1.50. The van der Waals surface area contributed by atoms with Crippen molar-refractivity contribution in [1.82, 2.24) is 4.90 Å². The maximum Gasteiger partial charge on any atom is 0.253 e. The quantitative estimate of drug-likeness (QED) is 0.590. The van der Waals surface area contributed by atoms with Crippen LogP contribution in [-0.4, -0.2) is 35.7 Å². The van der Waals surface area contributed by atoms with Crippen molar-refractivity contribution in [3.63, 3.8) is 0 Å². The van der Waals surface area contributed by atoms with E-state index < -0.39 is 0 Å². The van der Waals surface area contributed by atoms with Crippen LogP contribution >= 0.6 is 0 Å². The molecule has 1 heterocycles. The molecule has 4 rings (SSSR count). The molecule has 5 nitrogen and oxygen atoms in total. The molecule has 0 radical (unpaired) electrons. The van der Waals surface area contributed by atoms with E-state index in [1.165, 1.54) is 29.7 Å². The number of rotatable bonds is 3. The Morgan fingerprint density at radius 2 is 1.64 bits per heavy atom. The molecule has 1 saturated carbocycles. The number of amides is 3. The summed E-state index contributed by atoms with van der Waals surface area (Å²) in [4.78, 5) is 41.6. The van der Waals surface area contributed by atoms with Crippen LogP contribution in [0.25, 0.3) is 0 Å². The molecule has 2 fully saturated rings. The summed E-state index contributed by atoms with van der Waals surface area (Å²) in [7, 11) is 1.87. The second-order valence-corrected chi connectivity index (χ2v) is 8.47. The van der Waals surface area contributed by atoms with Gasteiger partial charge in [-0.15, -0.1) is 0 Å². The van der Waals surface area contributed by atoms with Crippen LogP contribution in [-0.2, 0) is 9.59 Å². The van der Waals surface area contributed by atoms with Crippen molar-refractivity contribution in [3.8, 4) is 0 Å². The molecule has 1 aromatic rings. The van der Waals surface area contributed by atoms with E-state index in [9.17, 15) is 14.4 Å². The zero-order valence-electron chi connectivity index (χ0n) is 16.7. The van der Waals surface area contributed by atoms with Crippen molar-refractivity contribution in [2.75, 3.05) is 11.9 Å². The largest absolute Gasteiger partial charge is 0.339 e. The number of carbonyl (C=O) groups excluding carboxylic acids is 3. The van der Waals surface area contributed by atoms with Gasteiger partial charge in [-0.05, 0) is 56.9 Å². The van der Waals surface area contributed by atoms with Crippen molar-refractivity contribution in [2.24, 2.45) is 11.8 Å². The van der Waals surface area contributed by atoms with E-state index in [4.69, 9.17) is 0 Å². The summed E-state index contributed by atoms with van der Waals surface area (Å²) in [6.45, 7) is 2.01. The van der Waals surface area contributed by atoms with Crippen LogP contribution in [0.2, 0.25) is 0 Å². The van der Waals surface area contributed by atoms with Gasteiger partial charge in [0.15, 0.2) is 0 Å². The van der Waals surface area contributed by atoms with E-state index in [1.54, 1.807) is 24.3 Å². The first kappa shape index (κ1) is 18.9. The molecule has 1 aliphatic heterocycles. The predicted octanol–water partition coefficient (Wildman–Crippen LogP) is 3.94. The summed E-state index contributed by atoms with van der Waals surface area (Å²) in [5.74, 6) is -0.699. The summed E-state index contributed by atoms with van der Waals surface area (Å²) in [5.41, 5.74) is 2.35. The third-order valence-electron chi connectivity index (χ3n) is 6.64. The Morgan fingerprint density at radius 1 is 1.00 bits per heavy atom. The topological polar surface area (TPSA) is 57.7 Å². The number of hydrogen-bond acceptors (Lipinski definition) is 3. The van der Waals surface area contributed by atoms with Gasteiger partial charge in [-0.2, -0.15) is 0 Å². The van der Waals surface area contributed by atoms with Gasteiger partial charge < -0.3 is 4.90 Å². The first-order valence-corrected chi connectivity index (χ1v) is 10.4. The van der Waals surface area contributed by atoms with Gasteiger partial charge in [0, 0.05) is 18.7 Å². The van der Waals surface area contributed by atoms with E-state index in [1.807, 2.05) is 18.9 Å². The number of imide groups is 1. The predicted molar refractivity (Wildman–Crippen MR) is 108 cm³/mol. The molecular weight excluding hydrogens is 352 g/mol. The second kappa shape index (κ2) is 7.53. The summed E-state index contributed by atoms with van der Waals surface area (Å²) in [6, 6.07) is 7.25. The van der Waals surface area contributed by atoms with Crippen LogP contribution in [0.3, 0.4) is 0 Å². The standard InChI is InChI=1S/C23H28N2O3/c1-15-8-13-19-20(14-15)23(28)25(22(19)27)18-11-9-16(10-12-18)21(26)24(2)17-6-4-3-5-7-17/h8-12,17,19-20H,3-7,13-14H2,1-2H3/t19-,20-/m1/s1. The zero-order valence-corrected chi connectivity index (χ0v) is 16.7. The van der Waals surface area contributed by atoms with Crippen molar-refractivity contribution in [1.29, 1.82) is 0 Å². The van der Waals surface area contributed by atoms with E-state index in [2.05, 4.69) is 6.08 Å². The normalized spacial score (nSPS) is 25.5. The minimum Gasteiger partial charge on any atom is -0.339 e. The van der Waals surface area contributed by atoms with Gasteiger partial charge >= 0.3 is 0 Å². The average molecular weight is 380 g/mol. The average Bonchev–Trinajstić information content (AvgIpc) is 2.97. The Hall–Kier alpha value is -2.43. The number of carbonyl (C=O) groups is 3. The van der Waals surface area contributed by atoms with Crippen molar-refractivity contribution >= 4 is 23.4 Å². The summed E-state index contributed by atoms with van der Waals surface area (Å²) in [5, 5.41) is 0. The lowest BCUT2D eigenvalue weighted by molar-refractivity contribution is -0.122. The van der Waals surface area contributed by atoms with Crippen LogP contribution in [0.4, 0.5) is 5.69 Å². The van der Waals surface area contributed by atoms with Gasteiger partial charge in [0.2, 0.25) is 11.8 Å². The van der Waals surface area contributed by atoms with Crippen LogP contribution < -0.4 is 4.90 Å². The molecule has 1 aromatic carbocycles. The van der Waals surface area contributed by atoms with Crippen molar-refractivity contribution < 1.29 is 14.4 Å². The highest BCUT2D eigenvalue weighted by atomic mass is 16.2. The van der Waals surface area contributed by atoms with Gasteiger partial charge in [0.25, 0.3) is 5.91 Å². The van der Waals surface area contributed by atoms with E-state index in [0.717, 1.165) is 12.8 Å². The Bertz CT molecular complexity index is 821. The van der Waals surface area contributed by atoms with Gasteiger partial charge in [-0.3, -0.25) is 19.3 Å². The molecule has 2 atom stereocenters. The monoisotopic (exact) mass is 380 g/mol. The number of anilines is 1. The number of fused-ring (bicyclic) bond motifs is 1. The molecule has 148 valence electrons. The smallest absolute Gasteiger partial charge is 0.253 e. The third-order valence-corrected chi connectivity index (χ3v) is 6.64. The number of benzene rings is 1. The van der Waals surface area contributed by atoms with Crippen molar-refractivity contribution in [2.45, 2.75) is 57.9 Å². The SMILES string of the molecule is CC1=CC[C@H]2C(=O)N(c3ccc(C(=O)N(C)C4CCCCC4)cc3)C(=O)[C@@H]2C1. The summed E-state index contributed by atoms with van der Waals surface area (Å²) < 4.78 is 0. The minimum absolute atomic E-state index is 0.00557. The Labute approximate surface area is 166 Å². The van der Waals surface area contributed by atoms with Crippen LogP contribution in [0.5, 0.6) is 0 Å². The Kier molecular flexibility index (Phi) is 5.09. The molecule has 0 unspecified atom stereocenters. The third kappa shape index (κ3) is 3.27. The minimum atomic E-state index is -0.241. The lowest BCUT2D eigenvalue weighted by Gasteiger charge is -2.31. The fraction of sp³-hybridized carbons (Fsp3) is 0.522. The van der Waals surface area contributed by atoms with Crippen LogP contribution in [0.15, 0.2) is 35.9 Å². The van der Waals surface area contributed by atoms with Gasteiger partial charge in [-0.1, -0.05) is 30.9 Å². The summed E-state index contributed by atoms with van der Waals surface area (Å²) >= 11 is 0. The lowest BCUT2D eigenvalue weighted by Crippen LogP contribution is -2.38. The van der Waals surface area contributed by atoms with E-state index >= 15 is 0 Å². The van der Waals surface area contributed by atoms with Crippen molar-refractivity contribution in [3.05, 3.63) is 41.5 Å². The van der Waals surface area contributed by atoms with E-state index in [0.29, 0.717) is 30.1 Å². The molecule has 0 spiro atoms. The maximum absolute atomic E-state index is 12.8. The Morgan fingerprint density at radius 3 is 2.32 bits per heavy atom. The molecule has 28 heavy (non-hydrogen) atoms. The highest BCUT2D eigenvalue weighted by Gasteiger charge is 2.48. The zero-order chi connectivity index (χ0) is 19.8. The lowest BCUT2D eigenvalue weighted by atomic mass is 9.82. The first-order chi connectivity index (χ1) is 13.5. The number of allylic oxidation sites excluding steroid dienone is 2. The molecular formula is C23H28N2O3. The van der Waals surface area contributed by atoms with Gasteiger partial charge in [0.1, 0.15) is 0 Å². The molecule has 3 amide bonds. The molecule has 5 heteroatoms. The van der Waals surface area contributed by atoms with Crippen LogP contribution in [0.1, 0.15) is 62.2 Å². The van der Waals surface area contributed by atoms with Crippen LogP contribution in [0, 0.1) is 11.8 Å². The molecule has 0 bridgehead atoms. The fourth-order valence-electron chi connectivity index (χ4n) is 4.88. The molecule has 0 N–H and O–H groups in total. The highest BCUT2D eigenvalue weighted by molar-refractivity contribution is 6.22. The second-order valence-electron chi connectivity index (χ2n) is 8.47.